The van der Waals surface area contributed by atoms with E-state index >= 15 is 0 Å². The molecule has 0 spiro atoms. The van der Waals surface area contributed by atoms with Gasteiger partial charge in [0.2, 0.25) is 0 Å². The minimum Gasteiger partial charge on any atom is -0.265 e. The van der Waals surface area contributed by atoms with E-state index in [0.717, 1.165) is 11.1 Å². The fourth-order valence-corrected chi connectivity index (χ4v) is 1.51. The van der Waals surface area contributed by atoms with E-state index in [4.69, 9.17) is 0 Å². The van der Waals surface area contributed by atoms with Crippen LogP contribution >= 0.6 is 0 Å². The third-order valence-corrected chi connectivity index (χ3v) is 2.38. The number of nitrogens with zero attached hydrogens (tertiary/aromatic N) is 1. The Morgan fingerprint density at radius 1 is 0.875 bits per heavy atom. The van der Waals surface area contributed by atoms with Crippen molar-refractivity contribution >= 4 is 18.2 Å². The van der Waals surface area contributed by atoms with Crippen LogP contribution in [-0.2, 0) is 0 Å². The van der Waals surface area contributed by atoms with Crippen LogP contribution in [0.4, 0.5) is 0 Å². The average Bonchev–Trinajstić information content (AvgIpc) is 2.38. The van der Waals surface area contributed by atoms with Crippen LogP contribution < -0.4 is 0 Å². The highest BCUT2D eigenvalue weighted by Crippen LogP contribution is 2.13. The topological polar surface area (TPSA) is 12.9 Å². The molecule has 2 aromatic rings. The standard InChI is InChI=1S/C15H13N/c1-2-14-5-3-4-6-15(14)8-7-13-9-11-16-12-10-13/h2-12H,1H2. The Morgan fingerprint density at radius 2 is 1.56 bits per heavy atom. The molecular formula is C15H13N. The molecule has 0 aliphatic rings. The zero-order valence-corrected chi connectivity index (χ0v) is 9.01. The van der Waals surface area contributed by atoms with Gasteiger partial charge in [0.25, 0.3) is 0 Å². The zero-order valence-electron chi connectivity index (χ0n) is 9.01. The number of benzene rings is 1. The molecule has 0 saturated heterocycles. The van der Waals surface area contributed by atoms with Crippen LogP contribution in [0.2, 0.25) is 0 Å². The summed E-state index contributed by atoms with van der Waals surface area (Å²) in [5, 5.41) is 0. The average molecular weight is 207 g/mol. The molecule has 1 aromatic heterocycles. The Kier molecular flexibility index (Phi) is 3.29. The van der Waals surface area contributed by atoms with E-state index in [-0.39, 0.29) is 0 Å². The molecule has 1 nitrogen and oxygen atoms in total. The Labute approximate surface area is 95.8 Å². The minimum atomic E-state index is 1.15. The Balaban J connectivity index is 2.27. The van der Waals surface area contributed by atoms with Crippen LogP contribution in [-0.4, -0.2) is 4.98 Å². The summed E-state index contributed by atoms with van der Waals surface area (Å²) in [6, 6.07) is 12.1. The molecule has 0 aliphatic carbocycles. The smallest absolute Gasteiger partial charge is 0.0273 e. The molecule has 16 heavy (non-hydrogen) atoms. The van der Waals surface area contributed by atoms with Crippen molar-refractivity contribution in [3.05, 3.63) is 72.1 Å². The van der Waals surface area contributed by atoms with Crippen LogP contribution in [0.1, 0.15) is 16.7 Å². The highest BCUT2D eigenvalue weighted by atomic mass is 14.6. The van der Waals surface area contributed by atoms with Gasteiger partial charge in [-0.05, 0) is 28.8 Å². The lowest BCUT2D eigenvalue weighted by Crippen LogP contribution is -1.78. The van der Waals surface area contributed by atoms with E-state index in [1.807, 2.05) is 30.3 Å². The molecule has 0 bridgehead atoms. The van der Waals surface area contributed by atoms with Gasteiger partial charge in [-0.15, -0.1) is 0 Å². The van der Waals surface area contributed by atoms with Gasteiger partial charge >= 0.3 is 0 Å². The summed E-state index contributed by atoms with van der Waals surface area (Å²) in [5.41, 5.74) is 3.47. The van der Waals surface area contributed by atoms with E-state index in [1.165, 1.54) is 5.56 Å². The first kappa shape index (κ1) is 10.4. The van der Waals surface area contributed by atoms with Gasteiger partial charge in [0, 0.05) is 12.4 Å². The summed E-state index contributed by atoms with van der Waals surface area (Å²) in [7, 11) is 0. The van der Waals surface area contributed by atoms with E-state index < -0.39 is 0 Å². The highest BCUT2D eigenvalue weighted by molar-refractivity contribution is 5.74. The first-order valence-electron chi connectivity index (χ1n) is 5.20. The van der Waals surface area contributed by atoms with Gasteiger partial charge in [-0.25, -0.2) is 0 Å². The zero-order chi connectivity index (χ0) is 11.2. The van der Waals surface area contributed by atoms with Crippen molar-refractivity contribution in [3.63, 3.8) is 0 Å². The molecule has 1 aromatic carbocycles. The summed E-state index contributed by atoms with van der Waals surface area (Å²) in [4.78, 5) is 3.98. The number of rotatable bonds is 3. The Hall–Kier alpha value is -2.15. The third-order valence-electron chi connectivity index (χ3n) is 2.38. The second-order valence-electron chi connectivity index (χ2n) is 3.45. The van der Waals surface area contributed by atoms with Crippen LogP contribution in [0.3, 0.4) is 0 Å². The van der Waals surface area contributed by atoms with Crippen LogP contribution in [0, 0.1) is 0 Å². The second kappa shape index (κ2) is 5.08. The van der Waals surface area contributed by atoms with Crippen molar-refractivity contribution < 1.29 is 0 Å². The van der Waals surface area contributed by atoms with Gasteiger partial charge in [-0.1, -0.05) is 49.1 Å². The summed E-state index contributed by atoms with van der Waals surface area (Å²) in [6.45, 7) is 3.80. The summed E-state index contributed by atoms with van der Waals surface area (Å²) in [6.07, 6.45) is 9.61. The molecule has 0 radical (unpaired) electrons. The molecule has 0 amide bonds. The normalized spacial score (nSPS) is 10.5. The first-order chi connectivity index (χ1) is 7.90. The van der Waals surface area contributed by atoms with Gasteiger partial charge in [0.1, 0.15) is 0 Å². The molecule has 0 saturated carbocycles. The lowest BCUT2D eigenvalue weighted by atomic mass is 10.1. The summed E-state index contributed by atoms with van der Waals surface area (Å²) < 4.78 is 0. The number of aromatic nitrogens is 1. The molecule has 78 valence electrons. The minimum absolute atomic E-state index is 1.15. The maximum absolute atomic E-state index is 3.98. The lowest BCUT2D eigenvalue weighted by Gasteiger charge is -1.99. The quantitative estimate of drug-likeness (QED) is 0.744. The molecule has 2 rings (SSSR count). The Bertz CT molecular complexity index is 498. The van der Waals surface area contributed by atoms with Gasteiger partial charge in [0.05, 0.1) is 0 Å². The molecule has 0 atom stereocenters. The molecule has 0 aliphatic heterocycles. The summed E-state index contributed by atoms with van der Waals surface area (Å²) in [5.74, 6) is 0. The maximum Gasteiger partial charge on any atom is 0.0273 e. The number of hydrogen-bond acceptors (Lipinski definition) is 1. The Morgan fingerprint density at radius 3 is 2.25 bits per heavy atom. The predicted molar refractivity (Wildman–Crippen MR) is 69.7 cm³/mol. The monoisotopic (exact) mass is 207 g/mol. The first-order valence-corrected chi connectivity index (χ1v) is 5.20. The number of hydrogen-bond donors (Lipinski definition) is 0. The van der Waals surface area contributed by atoms with E-state index in [1.54, 1.807) is 12.4 Å². The lowest BCUT2D eigenvalue weighted by molar-refractivity contribution is 1.32. The SMILES string of the molecule is C=Cc1ccccc1C=Cc1ccncc1. The highest BCUT2D eigenvalue weighted by Gasteiger charge is 1.92. The van der Waals surface area contributed by atoms with Crippen molar-refractivity contribution in [3.8, 4) is 0 Å². The van der Waals surface area contributed by atoms with Crippen molar-refractivity contribution in [1.29, 1.82) is 0 Å². The third kappa shape index (κ3) is 2.45. The second-order valence-corrected chi connectivity index (χ2v) is 3.45. The van der Waals surface area contributed by atoms with Crippen LogP contribution in [0.5, 0.6) is 0 Å². The van der Waals surface area contributed by atoms with E-state index in [9.17, 15) is 0 Å². The van der Waals surface area contributed by atoms with Crippen molar-refractivity contribution in [2.24, 2.45) is 0 Å². The van der Waals surface area contributed by atoms with E-state index in [2.05, 4.69) is 35.8 Å². The van der Waals surface area contributed by atoms with Crippen LogP contribution in [0.25, 0.3) is 18.2 Å². The molecule has 1 heteroatoms. The van der Waals surface area contributed by atoms with E-state index in [0.29, 0.717) is 0 Å². The van der Waals surface area contributed by atoms with Crippen molar-refractivity contribution in [2.75, 3.05) is 0 Å². The largest absolute Gasteiger partial charge is 0.265 e. The fraction of sp³-hybridized carbons (Fsp3) is 0. The van der Waals surface area contributed by atoms with Gasteiger partial charge in [-0.2, -0.15) is 0 Å². The molecule has 1 heterocycles. The summed E-state index contributed by atoms with van der Waals surface area (Å²) >= 11 is 0. The number of pyridine rings is 1. The van der Waals surface area contributed by atoms with Gasteiger partial charge in [-0.3, -0.25) is 4.98 Å². The fourth-order valence-electron chi connectivity index (χ4n) is 1.51. The molecule has 0 N–H and O–H groups in total. The van der Waals surface area contributed by atoms with Gasteiger partial charge in [0.15, 0.2) is 0 Å². The maximum atomic E-state index is 3.98. The van der Waals surface area contributed by atoms with Gasteiger partial charge < -0.3 is 0 Å². The van der Waals surface area contributed by atoms with Crippen molar-refractivity contribution in [2.45, 2.75) is 0 Å². The van der Waals surface area contributed by atoms with Crippen LogP contribution in [0.15, 0.2) is 55.4 Å². The molecule has 0 fully saturated rings. The molecular weight excluding hydrogens is 194 g/mol. The molecule has 0 unspecified atom stereocenters. The predicted octanol–water partition coefficient (Wildman–Crippen LogP) is 3.90. The van der Waals surface area contributed by atoms with Crippen molar-refractivity contribution in [1.82, 2.24) is 4.98 Å².